The molecule has 2 aromatic carbocycles. The lowest BCUT2D eigenvalue weighted by atomic mass is 10.1. The molecule has 0 aromatic heterocycles. The van der Waals surface area contributed by atoms with Crippen LogP contribution in [0.5, 0.6) is 0 Å². The summed E-state index contributed by atoms with van der Waals surface area (Å²) in [6, 6.07) is 10.3. The largest absolute Gasteiger partial charge is 0.347 e. The fourth-order valence-electron chi connectivity index (χ4n) is 1.85. The molecule has 0 aliphatic heterocycles. The van der Waals surface area contributed by atoms with Crippen LogP contribution in [-0.4, -0.2) is 18.4 Å². The van der Waals surface area contributed by atoms with Gasteiger partial charge in [0.1, 0.15) is 0 Å². The summed E-state index contributed by atoms with van der Waals surface area (Å²) < 4.78 is 26.7. The molecule has 4 nitrogen and oxygen atoms in total. The molecule has 2 amide bonds. The lowest BCUT2D eigenvalue weighted by molar-refractivity contribution is -0.123. The molecule has 0 saturated heterocycles. The van der Waals surface area contributed by atoms with E-state index in [9.17, 15) is 18.4 Å². The Morgan fingerprint density at radius 3 is 2.48 bits per heavy atom. The Balaban J connectivity index is 1.81. The van der Waals surface area contributed by atoms with Gasteiger partial charge in [-0.2, -0.15) is 0 Å². The number of hydrogen-bond acceptors (Lipinski definition) is 2. The Morgan fingerprint density at radius 2 is 1.78 bits per heavy atom. The number of anilines is 1. The molecule has 23 heavy (non-hydrogen) atoms. The van der Waals surface area contributed by atoms with Gasteiger partial charge in [-0.1, -0.05) is 28.1 Å². The molecule has 0 saturated carbocycles. The normalized spacial score (nSPS) is 10.2. The Morgan fingerprint density at radius 1 is 1.00 bits per heavy atom. The summed E-state index contributed by atoms with van der Waals surface area (Å²) >= 11 is 3.31. The molecule has 0 atom stereocenters. The molecule has 2 aromatic rings. The maximum atomic E-state index is 13.0. The summed E-state index contributed by atoms with van der Waals surface area (Å²) in [5.41, 5.74) is 0.924. The third-order valence-electron chi connectivity index (χ3n) is 2.90. The smallest absolute Gasteiger partial charge is 0.243 e. The third-order valence-corrected chi connectivity index (χ3v) is 3.40. The first kappa shape index (κ1) is 17.1. The van der Waals surface area contributed by atoms with Gasteiger partial charge in [-0.25, -0.2) is 8.78 Å². The summed E-state index contributed by atoms with van der Waals surface area (Å²) in [4.78, 5) is 23.4. The van der Waals surface area contributed by atoms with E-state index in [0.29, 0.717) is 0 Å². The van der Waals surface area contributed by atoms with E-state index >= 15 is 0 Å². The predicted octanol–water partition coefficient (Wildman–Crippen LogP) is 3.02. The molecule has 120 valence electrons. The molecule has 0 bridgehead atoms. The second-order valence-corrected chi connectivity index (χ2v) is 5.68. The van der Waals surface area contributed by atoms with Crippen molar-refractivity contribution in [2.45, 2.75) is 6.42 Å². The van der Waals surface area contributed by atoms with Crippen LogP contribution in [0.15, 0.2) is 46.9 Å². The van der Waals surface area contributed by atoms with Crippen molar-refractivity contribution >= 4 is 33.4 Å². The van der Waals surface area contributed by atoms with Crippen molar-refractivity contribution in [3.63, 3.8) is 0 Å². The summed E-state index contributed by atoms with van der Waals surface area (Å²) in [5.74, 6) is -2.89. The molecular weight excluding hydrogens is 370 g/mol. The number of nitrogens with one attached hydrogen (secondary N) is 2. The second kappa shape index (κ2) is 7.82. The van der Waals surface area contributed by atoms with Crippen LogP contribution in [0.2, 0.25) is 0 Å². The summed E-state index contributed by atoms with van der Waals surface area (Å²) in [6.07, 6.45) is 0.137. The average molecular weight is 383 g/mol. The maximum absolute atomic E-state index is 13.0. The Hall–Kier alpha value is -2.28. The van der Waals surface area contributed by atoms with Gasteiger partial charge in [-0.3, -0.25) is 9.59 Å². The lowest BCUT2D eigenvalue weighted by Gasteiger charge is -2.07. The second-order valence-electron chi connectivity index (χ2n) is 4.76. The molecule has 0 heterocycles. The van der Waals surface area contributed by atoms with Crippen LogP contribution >= 0.6 is 15.9 Å². The van der Waals surface area contributed by atoms with Crippen molar-refractivity contribution < 1.29 is 18.4 Å². The molecular formula is C16H13BrF2N2O2. The minimum Gasteiger partial charge on any atom is -0.347 e. The van der Waals surface area contributed by atoms with Crippen molar-refractivity contribution in [2.24, 2.45) is 0 Å². The van der Waals surface area contributed by atoms with Gasteiger partial charge >= 0.3 is 0 Å². The molecule has 0 fully saturated rings. The van der Waals surface area contributed by atoms with E-state index in [1.807, 2.05) is 12.1 Å². The zero-order valence-electron chi connectivity index (χ0n) is 11.9. The Labute approximate surface area is 140 Å². The van der Waals surface area contributed by atoms with Crippen LogP contribution in [0.4, 0.5) is 14.5 Å². The molecule has 0 unspecified atom stereocenters. The highest BCUT2D eigenvalue weighted by Crippen LogP contribution is 2.13. The zero-order chi connectivity index (χ0) is 16.8. The number of hydrogen-bond donors (Lipinski definition) is 2. The highest BCUT2D eigenvalue weighted by Gasteiger charge is 2.09. The lowest BCUT2D eigenvalue weighted by Crippen LogP contribution is -2.33. The number of carbonyl (C=O) groups is 2. The third kappa shape index (κ3) is 5.45. The highest BCUT2D eigenvalue weighted by molar-refractivity contribution is 9.10. The molecule has 0 aliphatic carbocycles. The highest BCUT2D eigenvalue weighted by atomic mass is 79.9. The number of benzene rings is 2. The van der Waals surface area contributed by atoms with Gasteiger partial charge in [0, 0.05) is 16.2 Å². The fraction of sp³-hybridized carbons (Fsp3) is 0.125. The van der Waals surface area contributed by atoms with Crippen molar-refractivity contribution in [1.82, 2.24) is 5.32 Å². The van der Waals surface area contributed by atoms with E-state index in [0.717, 1.165) is 22.2 Å². The molecule has 0 radical (unpaired) electrons. The number of rotatable bonds is 5. The Bertz CT molecular complexity index is 738. The van der Waals surface area contributed by atoms with Crippen LogP contribution < -0.4 is 10.6 Å². The van der Waals surface area contributed by atoms with E-state index in [4.69, 9.17) is 0 Å². The van der Waals surface area contributed by atoms with E-state index in [-0.39, 0.29) is 24.6 Å². The van der Waals surface area contributed by atoms with Gasteiger partial charge in [0.15, 0.2) is 11.6 Å². The SMILES string of the molecule is O=C(Cc1cccc(Br)c1)NCC(=O)Nc1ccc(F)c(F)c1. The molecule has 7 heteroatoms. The minimum atomic E-state index is -1.05. The van der Waals surface area contributed by atoms with Crippen LogP contribution in [0, 0.1) is 11.6 Å². The standard InChI is InChI=1S/C16H13BrF2N2O2/c17-11-3-1-2-10(6-11)7-15(22)20-9-16(23)21-12-4-5-13(18)14(19)8-12/h1-6,8H,7,9H2,(H,20,22)(H,21,23). The molecule has 2 rings (SSSR count). The minimum absolute atomic E-state index is 0.120. The van der Waals surface area contributed by atoms with Crippen LogP contribution in [0.25, 0.3) is 0 Å². The van der Waals surface area contributed by atoms with Crippen molar-refractivity contribution in [3.05, 3.63) is 64.1 Å². The van der Waals surface area contributed by atoms with E-state index in [2.05, 4.69) is 26.6 Å². The van der Waals surface area contributed by atoms with Crippen molar-refractivity contribution in [1.29, 1.82) is 0 Å². The molecule has 0 aliphatic rings. The van der Waals surface area contributed by atoms with E-state index in [1.165, 1.54) is 6.07 Å². The van der Waals surface area contributed by atoms with Crippen molar-refractivity contribution in [2.75, 3.05) is 11.9 Å². The van der Waals surface area contributed by atoms with Gasteiger partial charge in [-0.05, 0) is 29.8 Å². The first-order chi connectivity index (χ1) is 10.9. The zero-order valence-corrected chi connectivity index (χ0v) is 13.5. The summed E-state index contributed by atoms with van der Waals surface area (Å²) in [5, 5.41) is 4.83. The Kier molecular flexibility index (Phi) is 5.81. The van der Waals surface area contributed by atoms with Gasteiger partial charge in [0.25, 0.3) is 0 Å². The maximum Gasteiger partial charge on any atom is 0.243 e. The van der Waals surface area contributed by atoms with Gasteiger partial charge in [-0.15, -0.1) is 0 Å². The first-order valence-electron chi connectivity index (χ1n) is 6.70. The first-order valence-corrected chi connectivity index (χ1v) is 7.49. The van der Waals surface area contributed by atoms with Crippen LogP contribution in [0.3, 0.4) is 0 Å². The van der Waals surface area contributed by atoms with Gasteiger partial charge < -0.3 is 10.6 Å². The van der Waals surface area contributed by atoms with Crippen LogP contribution in [-0.2, 0) is 16.0 Å². The molecule has 0 spiro atoms. The summed E-state index contributed by atoms with van der Waals surface area (Å²) in [7, 11) is 0. The van der Waals surface area contributed by atoms with E-state index < -0.39 is 17.5 Å². The van der Waals surface area contributed by atoms with Gasteiger partial charge in [0.2, 0.25) is 11.8 Å². The van der Waals surface area contributed by atoms with Crippen molar-refractivity contribution in [3.8, 4) is 0 Å². The van der Waals surface area contributed by atoms with Gasteiger partial charge in [0.05, 0.1) is 13.0 Å². The predicted molar refractivity (Wildman–Crippen MR) is 85.8 cm³/mol. The average Bonchev–Trinajstić information content (AvgIpc) is 2.49. The topological polar surface area (TPSA) is 58.2 Å². The number of halogens is 3. The van der Waals surface area contributed by atoms with E-state index in [1.54, 1.807) is 12.1 Å². The number of carbonyl (C=O) groups excluding carboxylic acids is 2. The monoisotopic (exact) mass is 382 g/mol. The van der Waals surface area contributed by atoms with Crippen LogP contribution in [0.1, 0.15) is 5.56 Å². The quantitative estimate of drug-likeness (QED) is 0.834. The fourth-order valence-corrected chi connectivity index (χ4v) is 2.30. The number of amides is 2. The summed E-state index contributed by atoms with van der Waals surface area (Å²) in [6.45, 7) is -0.258. The molecule has 2 N–H and O–H groups in total.